The second-order valence-electron chi connectivity index (χ2n) is 7.04. The van der Waals surface area contributed by atoms with Gasteiger partial charge in [0.1, 0.15) is 0 Å². The smallest absolute Gasteiger partial charge is 0.0565 e. The minimum Gasteiger partial charge on any atom is -0.368 e. The zero-order valence-corrected chi connectivity index (χ0v) is 16.0. The highest BCUT2D eigenvalue weighted by Gasteiger charge is 2.18. The fourth-order valence-electron chi connectivity index (χ4n) is 3.56. The number of hydrogen-bond acceptors (Lipinski definition) is 4. The molecule has 4 rings (SSSR count). The van der Waals surface area contributed by atoms with Gasteiger partial charge in [0.05, 0.1) is 11.9 Å². The lowest BCUT2D eigenvalue weighted by atomic mass is 10.1. The average molecular weight is 371 g/mol. The third kappa shape index (κ3) is 4.78. The van der Waals surface area contributed by atoms with E-state index in [1.54, 1.807) is 0 Å². The molecule has 0 aromatic heterocycles. The predicted molar refractivity (Wildman–Crippen MR) is 118 cm³/mol. The van der Waals surface area contributed by atoms with E-state index in [4.69, 9.17) is 0 Å². The van der Waals surface area contributed by atoms with E-state index in [1.807, 2.05) is 36.5 Å². The van der Waals surface area contributed by atoms with Gasteiger partial charge in [0.25, 0.3) is 0 Å². The topological polar surface area (TPSA) is 30.9 Å². The molecule has 0 radical (unpaired) electrons. The molecule has 1 heterocycles. The van der Waals surface area contributed by atoms with Crippen LogP contribution < -0.4 is 10.3 Å². The van der Waals surface area contributed by atoms with Gasteiger partial charge >= 0.3 is 0 Å². The van der Waals surface area contributed by atoms with Gasteiger partial charge in [0, 0.05) is 44.0 Å². The highest BCUT2D eigenvalue weighted by Crippen LogP contribution is 2.21. The molecule has 3 aromatic rings. The summed E-state index contributed by atoms with van der Waals surface area (Å²) in [4.78, 5) is 4.99. The van der Waals surface area contributed by atoms with Crippen molar-refractivity contribution in [2.24, 2.45) is 5.10 Å². The van der Waals surface area contributed by atoms with Gasteiger partial charge in [-0.3, -0.25) is 10.3 Å². The Morgan fingerprint density at radius 2 is 1.39 bits per heavy atom. The van der Waals surface area contributed by atoms with E-state index in [-0.39, 0.29) is 0 Å². The summed E-state index contributed by atoms with van der Waals surface area (Å²) in [5.74, 6) is 0. The molecule has 4 nitrogen and oxygen atoms in total. The Morgan fingerprint density at radius 1 is 0.750 bits per heavy atom. The summed E-state index contributed by atoms with van der Waals surface area (Å²) in [6.45, 7) is 5.23. The maximum absolute atomic E-state index is 4.43. The maximum Gasteiger partial charge on any atom is 0.0565 e. The molecule has 0 bridgehead atoms. The standard InChI is InChI=1S/C24H26N4/c1-3-9-21(10-4-1)20-27-15-17-28(18-16-27)24-14-8-7-11-22(24)19-25-26-23-12-5-2-6-13-23/h1-14,19,26H,15-18,20H2. The lowest BCUT2D eigenvalue weighted by Crippen LogP contribution is -2.46. The first-order valence-corrected chi connectivity index (χ1v) is 9.83. The van der Waals surface area contributed by atoms with Crippen molar-refractivity contribution in [1.29, 1.82) is 0 Å². The van der Waals surface area contributed by atoms with Crippen LogP contribution in [0.15, 0.2) is 90.0 Å². The molecule has 1 fully saturated rings. The van der Waals surface area contributed by atoms with Crippen LogP contribution in [0.1, 0.15) is 11.1 Å². The lowest BCUT2D eigenvalue weighted by molar-refractivity contribution is 0.250. The summed E-state index contributed by atoms with van der Waals surface area (Å²) < 4.78 is 0. The van der Waals surface area contributed by atoms with Gasteiger partial charge < -0.3 is 4.90 Å². The Bertz CT molecular complexity index is 885. The molecule has 142 valence electrons. The van der Waals surface area contributed by atoms with Crippen LogP contribution in [0.5, 0.6) is 0 Å². The van der Waals surface area contributed by atoms with E-state index in [0.717, 1.165) is 44.0 Å². The van der Waals surface area contributed by atoms with Crippen LogP contribution in [0.2, 0.25) is 0 Å². The van der Waals surface area contributed by atoms with Gasteiger partial charge in [-0.25, -0.2) is 0 Å². The summed E-state index contributed by atoms with van der Waals surface area (Å²) in [5.41, 5.74) is 7.87. The van der Waals surface area contributed by atoms with Crippen LogP contribution in [-0.2, 0) is 6.54 Å². The maximum atomic E-state index is 4.43. The molecule has 0 atom stereocenters. The molecule has 3 aromatic carbocycles. The van der Waals surface area contributed by atoms with Crippen molar-refractivity contribution >= 4 is 17.6 Å². The summed E-state index contributed by atoms with van der Waals surface area (Å²) in [5, 5.41) is 4.43. The summed E-state index contributed by atoms with van der Waals surface area (Å²) in [7, 11) is 0. The Morgan fingerprint density at radius 3 is 2.14 bits per heavy atom. The first-order valence-electron chi connectivity index (χ1n) is 9.83. The Kier molecular flexibility index (Phi) is 6.00. The highest BCUT2D eigenvalue weighted by atomic mass is 15.3. The number of benzene rings is 3. The Hall–Kier alpha value is -3.11. The molecule has 0 aliphatic carbocycles. The number of nitrogens with zero attached hydrogens (tertiary/aromatic N) is 3. The number of hydrogen-bond donors (Lipinski definition) is 1. The number of para-hydroxylation sites is 2. The van der Waals surface area contributed by atoms with Crippen LogP contribution in [0, 0.1) is 0 Å². The number of hydrazone groups is 1. The zero-order valence-electron chi connectivity index (χ0n) is 16.0. The lowest BCUT2D eigenvalue weighted by Gasteiger charge is -2.36. The van der Waals surface area contributed by atoms with Gasteiger partial charge in [-0.1, -0.05) is 66.7 Å². The quantitative estimate of drug-likeness (QED) is 0.514. The van der Waals surface area contributed by atoms with Crippen molar-refractivity contribution in [3.8, 4) is 0 Å². The molecule has 0 unspecified atom stereocenters. The largest absolute Gasteiger partial charge is 0.368 e. The molecule has 0 amide bonds. The Labute approximate surface area is 167 Å². The van der Waals surface area contributed by atoms with Crippen LogP contribution in [-0.4, -0.2) is 37.3 Å². The summed E-state index contributed by atoms with van der Waals surface area (Å²) in [6.07, 6.45) is 1.92. The number of piperazine rings is 1. The minimum atomic E-state index is 0.991. The van der Waals surface area contributed by atoms with E-state index >= 15 is 0 Å². The third-order valence-corrected chi connectivity index (χ3v) is 5.07. The van der Waals surface area contributed by atoms with E-state index in [0.29, 0.717) is 0 Å². The fraction of sp³-hybridized carbons (Fsp3) is 0.208. The molecule has 1 saturated heterocycles. The van der Waals surface area contributed by atoms with E-state index < -0.39 is 0 Å². The molecule has 4 heteroatoms. The van der Waals surface area contributed by atoms with Crippen LogP contribution >= 0.6 is 0 Å². The van der Waals surface area contributed by atoms with E-state index in [2.05, 4.69) is 74.9 Å². The van der Waals surface area contributed by atoms with Crippen LogP contribution in [0.25, 0.3) is 0 Å². The van der Waals surface area contributed by atoms with Crippen molar-refractivity contribution in [3.63, 3.8) is 0 Å². The van der Waals surface area contributed by atoms with Gasteiger partial charge in [-0.15, -0.1) is 0 Å². The van der Waals surface area contributed by atoms with Crippen LogP contribution in [0.3, 0.4) is 0 Å². The summed E-state index contributed by atoms with van der Waals surface area (Å²) >= 11 is 0. The van der Waals surface area contributed by atoms with Crippen LogP contribution in [0.4, 0.5) is 11.4 Å². The van der Waals surface area contributed by atoms with Gasteiger partial charge in [0.15, 0.2) is 0 Å². The molecule has 0 saturated carbocycles. The average Bonchev–Trinajstić information content (AvgIpc) is 2.76. The minimum absolute atomic E-state index is 0.991. The zero-order chi connectivity index (χ0) is 19.0. The van der Waals surface area contributed by atoms with Gasteiger partial charge in [-0.2, -0.15) is 5.10 Å². The monoisotopic (exact) mass is 370 g/mol. The van der Waals surface area contributed by atoms with Gasteiger partial charge in [-0.05, 0) is 23.8 Å². The molecule has 28 heavy (non-hydrogen) atoms. The second-order valence-corrected chi connectivity index (χ2v) is 7.04. The van der Waals surface area contributed by atoms with E-state index in [9.17, 15) is 0 Å². The van der Waals surface area contributed by atoms with Crippen molar-refractivity contribution in [1.82, 2.24) is 4.90 Å². The number of anilines is 2. The van der Waals surface area contributed by atoms with Crippen molar-refractivity contribution in [3.05, 3.63) is 96.1 Å². The first kappa shape index (κ1) is 18.3. The number of nitrogens with one attached hydrogen (secondary N) is 1. The molecular weight excluding hydrogens is 344 g/mol. The SMILES string of the molecule is C(=NNc1ccccc1)c1ccccc1N1CCN(Cc2ccccc2)CC1. The molecule has 1 N–H and O–H groups in total. The van der Waals surface area contributed by atoms with Crippen molar-refractivity contribution in [2.75, 3.05) is 36.5 Å². The Balaban J connectivity index is 1.37. The highest BCUT2D eigenvalue weighted by molar-refractivity contribution is 5.88. The third-order valence-electron chi connectivity index (χ3n) is 5.07. The number of rotatable bonds is 6. The van der Waals surface area contributed by atoms with Crippen molar-refractivity contribution < 1.29 is 0 Å². The predicted octanol–water partition coefficient (Wildman–Crippen LogP) is 4.45. The van der Waals surface area contributed by atoms with Gasteiger partial charge in [0.2, 0.25) is 0 Å². The summed E-state index contributed by atoms with van der Waals surface area (Å²) in [6, 6.07) is 29.2. The normalized spacial score (nSPS) is 15.1. The van der Waals surface area contributed by atoms with Crippen molar-refractivity contribution in [2.45, 2.75) is 6.54 Å². The van der Waals surface area contributed by atoms with E-state index in [1.165, 1.54) is 11.3 Å². The fourth-order valence-corrected chi connectivity index (χ4v) is 3.56. The first-order chi connectivity index (χ1) is 13.9. The molecule has 1 aliphatic heterocycles. The molecule has 0 spiro atoms. The molecular formula is C24H26N4. The molecule has 1 aliphatic rings. The second kappa shape index (κ2) is 9.20.